The third-order valence-electron chi connectivity index (χ3n) is 7.93. The predicted octanol–water partition coefficient (Wildman–Crippen LogP) is 6.69. The molecule has 0 aromatic heterocycles. The fourth-order valence-electron chi connectivity index (χ4n) is 5.72. The van der Waals surface area contributed by atoms with Gasteiger partial charge in [0.05, 0.1) is 0 Å². The van der Waals surface area contributed by atoms with Gasteiger partial charge in [-0.2, -0.15) is 0 Å². The average Bonchev–Trinajstić information content (AvgIpc) is 3.27. The molecular weight excluding hydrogens is 534 g/mol. The SMILES string of the molecule is Cc1c(CNC(=O)OCC2c3ccccc3-c3ccccc32)cc(N2CCN(C(=O)OC(C)(C)C)CC2)c(C)c1S. The molecule has 216 valence electrons. The van der Waals surface area contributed by atoms with Crippen LogP contribution in [-0.4, -0.2) is 55.5 Å². The summed E-state index contributed by atoms with van der Waals surface area (Å²) in [5.74, 6) is 0.0178. The number of alkyl carbamates (subject to hydrolysis) is 1. The summed E-state index contributed by atoms with van der Waals surface area (Å²) in [5, 5.41) is 2.95. The number of anilines is 1. The summed E-state index contributed by atoms with van der Waals surface area (Å²) in [5.41, 5.74) is 8.42. The first-order valence-corrected chi connectivity index (χ1v) is 14.6. The Morgan fingerprint density at radius 1 is 0.927 bits per heavy atom. The summed E-state index contributed by atoms with van der Waals surface area (Å²) in [6.07, 6.45) is -0.722. The maximum Gasteiger partial charge on any atom is 0.410 e. The number of carbonyl (C=O) groups is 2. The van der Waals surface area contributed by atoms with Gasteiger partial charge in [-0.05, 0) is 79.6 Å². The molecule has 0 saturated carbocycles. The summed E-state index contributed by atoms with van der Waals surface area (Å²) in [6, 6.07) is 18.7. The lowest BCUT2D eigenvalue weighted by atomic mass is 9.98. The highest BCUT2D eigenvalue weighted by Crippen LogP contribution is 2.44. The number of ether oxygens (including phenoxy) is 2. The van der Waals surface area contributed by atoms with Crippen LogP contribution in [-0.2, 0) is 16.0 Å². The van der Waals surface area contributed by atoms with Gasteiger partial charge < -0.3 is 24.6 Å². The molecule has 0 bridgehead atoms. The Labute approximate surface area is 248 Å². The molecule has 0 unspecified atom stereocenters. The minimum Gasteiger partial charge on any atom is -0.449 e. The Hall–Kier alpha value is -3.65. The van der Waals surface area contributed by atoms with E-state index in [1.807, 2.05) is 52.0 Å². The van der Waals surface area contributed by atoms with Crippen LogP contribution in [0.2, 0.25) is 0 Å². The number of hydrogen-bond acceptors (Lipinski definition) is 6. The molecule has 1 aliphatic carbocycles. The minimum atomic E-state index is -0.516. The molecule has 1 N–H and O–H groups in total. The van der Waals surface area contributed by atoms with Crippen molar-refractivity contribution in [2.24, 2.45) is 0 Å². The molecule has 0 atom stereocenters. The summed E-state index contributed by atoms with van der Waals surface area (Å²) in [6.45, 7) is 12.9. The highest BCUT2D eigenvalue weighted by molar-refractivity contribution is 7.80. The van der Waals surface area contributed by atoms with Crippen molar-refractivity contribution in [2.45, 2.75) is 57.6 Å². The number of fused-ring (bicyclic) bond motifs is 3. The number of hydrogen-bond donors (Lipinski definition) is 2. The molecule has 7 nitrogen and oxygen atoms in total. The van der Waals surface area contributed by atoms with Crippen LogP contribution in [0.4, 0.5) is 15.3 Å². The second kappa shape index (κ2) is 11.7. The van der Waals surface area contributed by atoms with Crippen LogP contribution < -0.4 is 10.2 Å². The van der Waals surface area contributed by atoms with Crippen molar-refractivity contribution in [1.82, 2.24) is 10.2 Å². The van der Waals surface area contributed by atoms with Crippen molar-refractivity contribution < 1.29 is 19.1 Å². The molecule has 1 heterocycles. The highest BCUT2D eigenvalue weighted by Gasteiger charge is 2.30. The van der Waals surface area contributed by atoms with Gasteiger partial charge in [0.25, 0.3) is 0 Å². The standard InChI is InChI=1S/C33H39N3O4S/c1-21-23(18-29(22(2)30(21)41)35-14-16-36(17-15-35)32(38)40-33(3,4)5)19-34-31(37)39-20-28-26-12-8-6-10-24(26)25-11-7-9-13-27(25)28/h6-13,18,28,41H,14-17,19-20H2,1-5H3,(H,34,37). The lowest BCUT2D eigenvalue weighted by molar-refractivity contribution is 0.0240. The van der Waals surface area contributed by atoms with Crippen molar-refractivity contribution in [3.63, 3.8) is 0 Å². The molecule has 8 heteroatoms. The molecule has 2 amide bonds. The summed E-state index contributed by atoms with van der Waals surface area (Å²) in [4.78, 5) is 30.3. The van der Waals surface area contributed by atoms with Gasteiger partial charge in [0.15, 0.2) is 0 Å². The van der Waals surface area contributed by atoms with E-state index in [9.17, 15) is 9.59 Å². The molecule has 1 fully saturated rings. The van der Waals surface area contributed by atoms with E-state index in [-0.39, 0.29) is 18.6 Å². The first-order chi connectivity index (χ1) is 19.5. The van der Waals surface area contributed by atoms with E-state index in [2.05, 4.69) is 47.5 Å². The van der Waals surface area contributed by atoms with Crippen molar-refractivity contribution in [3.8, 4) is 11.1 Å². The maximum atomic E-state index is 12.8. The average molecular weight is 574 g/mol. The van der Waals surface area contributed by atoms with Crippen molar-refractivity contribution in [3.05, 3.63) is 82.4 Å². The van der Waals surface area contributed by atoms with Crippen LogP contribution in [0, 0.1) is 13.8 Å². The number of piperazine rings is 1. The van der Waals surface area contributed by atoms with Crippen molar-refractivity contribution >= 4 is 30.5 Å². The molecule has 3 aromatic carbocycles. The van der Waals surface area contributed by atoms with E-state index in [0.717, 1.165) is 27.3 Å². The Kier molecular flexibility index (Phi) is 8.23. The molecule has 5 rings (SSSR count). The van der Waals surface area contributed by atoms with E-state index < -0.39 is 11.7 Å². The van der Waals surface area contributed by atoms with Gasteiger partial charge in [-0.25, -0.2) is 9.59 Å². The molecule has 41 heavy (non-hydrogen) atoms. The monoisotopic (exact) mass is 573 g/mol. The highest BCUT2D eigenvalue weighted by atomic mass is 32.1. The van der Waals surface area contributed by atoms with Gasteiger partial charge in [0, 0.05) is 49.2 Å². The van der Waals surface area contributed by atoms with E-state index in [1.54, 1.807) is 4.90 Å². The molecule has 0 radical (unpaired) electrons. The first-order valence-electron chi connectivity index (χ1n) is 14.2. The third-order valence-corrected chi connectivity index (χ3v) is 8.60. The maximum absolute atomic E-state index is 12.8. The van der Waals surface area contributed by atoms with Crippen LogP contribution in [0.1, 0.15) is 54.5 Å². The summed E-state index contributed by atoms with van der Waals surface area (Å²) in [7, 11) is 0. The molecule has 1 aliphatic heterocycles. The van der Waals surface area contributed by atoms with E-state index in [1.165, 1.54) is 22.3 Å². The molecular formula is C33H39N3O4S. The van der Waals surface area contributed by atoms with E-state index in [4.69, 9.17) is 22.1 Å². The number of amides is 2. The minimum absolute atomic E-state index is 0.0178. The lowest BCUT2D eigenvalue weighted by Gasteiger charge is -2.38. The van der Waals surface area contributed by atoms with Gasteiger partial charge in [-0.1, -0.05) is 48.5 Å². The number of nitrogens with one attached hydrogen (secondary N) is 1. The third kappa shape index (κ3) is 6.17. The van der Waals surface area contributed by atoms with E-state index in [0.29, 0.717) is 32.7 Å². The number of nitrogens with zero attached hydrogens (tertiary/aromatic N) is 2. The van der Waals surface area contributed by atoms with Crippen molar-refractivity contribution in [2.75, 3.05) is 37.7 Å². The molecule has 3 aromatic rings. The normalized spacial score (nSPS) is 14.9. The molecule has 0 spiro atoms. The largest absolute Gasteiger partial charge is 0.449 e. The van der Waals surface area contributed by atoms with Crippen molar-refractivity contribution in [1.29, 1.82) is 0 Å². The molecule has 1 saturated heterocycles. The summed E-state index contributed by atoms with van der Waals surface area (Å²) >= 11 is 4.81. The smallest absolute Gasteiger partial charge is 0.410 e. The Balaban J connectivity index is 1.21. The van der Waals surface area contributed by atoms with Crippen LogP contribution in [0.3, 0.4) is 0 Å². The van der Waals surface area contributed by atoms with Crippen LogP contribution in [0.15, 0.2) is 59.5 Å². The quantitative estimate of drug-likeness (QED) is 0.333. The number of thiol groups is 1. The van der Waals surface area contributed by atoms with Gasteiger partial charge in [-0.15, -0.1) is 12.6 Å². The number of rotatable bonds is 5. The van der Waals surface area contributed by atoms with Crippen LogP contribution >= 0.6 is 12.6 Å². The fraction of sp³-hybridized carbons (Fsp3) is 0.394. The zero-order chi connectivity index (χ0) is 29.3. The zero-order valence-corrected chi connectivity index (χ0v) is 25.4. The van der Waals surface area contributed by atoms with Crippen LogP contribution in [0.25, 0.3) is 11.1 Å². The number of benzene rings is 3. The Morgan fingerprint density at radius 2 is 1.51 bits per heavy atom. The van der Waals surface area contributed by atoms with Gasteiger partial charge in [0.2, 0.25) is 0 Å². The van der Waals surface area contributed by atoms with E-state index >= 15 is 0 Å². The lowest BCUT2D eigenvalue weighted by Crippen LogP contribution is -2.50. The van der Waals surface area contributed by atoms with Gasteiger partial charge in [-0.3, -0.25) is 0 Å². The zero-order valence-electron chi connectivity index (χ0n) is 24.5. The molecule has 2 aliphatic rings. The Morgan fingerprint density at radius 3 is 2.10 bits per heavy atom. The summed E-state index contributed by atoms with van der Waals surface area (Å²) < 4.78 is 11.3. The first kappa shape index (κ1) is 28.9. The topological polar surface area (TPSA) is 71.1 Å². The Bertz CT molecular complexity index is 1410. The predicted molar refractivity (Wildman–Crippen MR) is 165 cm³/mol. The van der Waals surface area contributed by atoms with Gasteiger partial charge in [0.1, 0.15) is 12.2 Å². The second-order valence-corrected chi connectivity index (χ2v) is 12.2. The second-order valence-electron chi connectivity index (χ2n) is 11.8. The number of carbonyl (C=O) groups excluding carboxylic acids is 2. The van der Waals surface area contributed by atoms with Crippen LogP contribution in [0.5, 0.6) is 0 Å². The van der Waals surface area contributed by atoms with Gasteiger partial charge >= 0.3 is 12.2 Å². The fourth-order valence-corrected chi connectivity index (χ4v) is 5.98.